The van der Waals surface area contributed by atoms with Crippen molar-refractivity contribution in [2.24, 2.45) is 0 Å². The first kappa shape index (κ1) is 16.1. The summed E-state index contributed by atoms with van der Waals surface area (Å²) in [6.07, 6.45) is 0.620. The highest BCUT2D eigenvalue weighted by Crippen LogP contribution is 2.32. The smallest absolute Gasteiger partial charge is 0.252 e. The minimum Gasteiger partial charge on any atom is -0.396 e. The molecule has 0 unspecified atom stereocenters. The van der Waals surface area contributed by atoms with E-state index in [9.17, 15) is 4.79 Å². The van der Waals surface area contributed by atoms with Crippen LogP contribution in [0.25, 0.3) is 0 Å². The van der Waals surface area contributed by atoms with Gasteiger partial charge in [0, 0.05) is 19.3 Å². The van der Waals surface area contributed by atoms with Crippen LogP contribution in [0, 0.1) is 0 Å². The number of carbonyl (C=O) groups excluding carboxylic acids is 1. The number of amides is 1. The lowest BCUT2D eigenvalue weighted by Gasteiger charge is -2.13. The van der Waals surface area contributed by atoms with E-state index in [1.54, 1.807) is 12.1 Å². The van der Waals surface area contributed by atoms with Gasteiger partial charge in [-0.25, -0.2) is 0 Å². The van der Waals surface area contributed by atoms with Crippen LogP contribution in [0.15, 0.2) is 36.4 Å². The van der Waals surface area contributed by atoms with E-state index in [1.165, 1.54) is 7.05 Å². The molecular weight excluding hydrogens is 302 g/mol. The summed E-state index contributed by atoms with van der Waals surface area (Å²) in [5.74, 6) is -0.281. The second-order valence-corrected chi connectivity index (χ2v) is 5.14. The van der Waals surface area contributed by atoms with E-state index < -0.39 is 0 Å². The van der Waals surface area contributed by atoms with E-state index >= 15 is 0 Å². The molecule has 0 aliphatic heterocycles. The van der Waals surface area contributed by atoms with Crippen LogP contribution in [0.5, 0.6) is 0 Å². The zero-order chi connectivity index (χ0) is 16.1. The Bertz CT molecular complexity index is 672. The van der Waals surface area contributed by atoms with Crippen LogP contribution in [0.2, 0.25) is 5.02 Å². The van der Waals surface area contributed by atoms with Crippen molar-refractivity contribution in [2.45, 2.75) is 6.42 Å². The molecule has 0 bridgehead atoms. The second-order valence-electron chi connectivity index (χ2n) is 4.76. The molecule has 0 aromatic heterocycles. The van der Waals surface area contributed by atoms with Crippen LogP contribution in [0.1, 0.15) is 15.9 Å². The molecule has 0 spiro atoms. The van der Waals surface area contributed by atoms with Crippen molar-refractivity contribution in [1.29, 1.82) is 0 Å². The molecule has 0 aliphatic rings. The fourth-order valence-corrected chi connectivity index (χ4v) is 2.30. The Labute approximate surface area is 134 Å². The van der Waals surface area contributed by atoms with Crippen molar-refractivity contribution in [1.82, 2.24) is 5.32 Å². The zero-order valence-corrected chi connectivity index (χ0v) is 12.9. The van der Waals surface area contributed by atoms with Gasteiger partial charge in [-0.1, -0.05) is 23.7 Å². The Morgan fingerprint density at radius 2 is 1.91 bits per heavy atom. The zero-order valence-electron chi connectivity index (χ0n) is 12.2. The summed E-state index contributed by atoms with van der Waals surface area (Å²) in [6, 6.07) is 11.0. The number of benzene rings is 2. The largest absolute Gasteiger partial charge is 0.396 e. The van der Waals surface area contributed by atoms with Crippen LogP contribution in [-0.2, 0) is 6.42 Å². The number of anilines is 3. The van der Waals surface area contributed by atoms with Gasteiger partial charge in [0.2, 0.25) is 0 Å². The predicted molar refractivity (Wildman–Crippen MR) is 89.8 cm³/mol. The summed E-state index contributed by atoms with van der Waals surface area (Å²) < 4.78 is 0. The second kappa shape index (κ2) is 7.15. The van der Waals surface area contributed by atoms with Crippen LogP contribution in [0.3, 0.4) is 0 Å². The van der Waals surface area contributed by atoms with Gasteiger partial charge in [0.15, 0.2) is 0 Å². The number of carbonyl (C=O) groups is 1. The SMILES string of the molecule is CNC(=O)c1ccc(Nc2ccc(CCO)cc2)c(N)c1Cl. The van der Waals surface area contributed by atoms with Crippen molar-refractivity contribution in [3.05, 3.63) is 52.5 Å². The van der Waals surface area contributed by atoms with Crippen LogP contribution in [0.4, 0.5) is 17.1 Å². The van der Waals surface area contributed by atoms with E-state index in [2.05, 4.69) is 10.6 Å². The predicted octanol–water partition coefficient (Wildman–Crippen LogP) is 2.56. The average molecular weight is 320 g/mol. The highest BCUT2D eigenvalue weighted by Gasteiger charge is 2.14. The Balaban J connectivity index is 2.23. The number of hydrogen-bond donors (Lipinski definition) is 4. The third-order valence-electron chi connectivity index (χ3n) is 3.28. The molecule has 6 heteroatoms. The number of nitrogen functional groups attached to an aromatic ring is 1. The molecule has 5 N–H and O–H groups in total. The van der Waals surface area contributed by atoms with Gasteiger partial charge in [-0.15, -0.1) is 0 Å². The molecule has 0 saturated heterocycles. The van der Waals surface area contributed by atoms with Gasteiger partial charge in [0.25, 0.3) is 5.91 Å². The molecule has 2 aromatic rings. The van der Waals surface area contributed by atoms with Crippen molar-refractivity contribution >= 4 is 34.6 Å². The quantitative estimate of drug-likeness (QED) is 0.638. The number of aliphatic hydroxyl groups is 1. The van der Waals surface area contributed by atoms with Gasteiger partial charge in [-0.2, -0.15) is 0 Å². The molecule has 5 nitrogen and oxygen atoms in total. The third kappa shape index (κ3) is 3.50. The number of halogens is 1. The Morgan fingerprint density at radius 3 is 2.50 bits per heavy atom. The van der Waals surface area contributed by atoms with Crippen molar-refractivity contribution < 1.29 is 9.90 Å². The molecule has 2 rings (SSSR count). The first-order valence-electron chi connectivity index (χ1n) is 6.83. The molecular formula is C16H18ClN3O2. The van der Waals surface area contributed by atoms with Gasteiger partial charge < -0.3 is 21.5 Å². The minimum absolute atomic E-state index is 0.121. The lowest BCUT2D eigenvalue weighted by molar-refractivity contribution is 0.0963. The standard InChI is InChI=1S/C16H18ClN3O2/c1-19-16(22)12-6-7-13(15(18)14(12)17)20-11-4-2-10(3-5-11)8-9-21/h2-7,20-21H,8-9,18H2,1H3,(H,19,22). The first-order valence-corrected chi connectivity index (χ1v) is 7.21. The molecule has 0 atom stereocenters. The van der Waals surface area contributed by atoms with E-state index in [4.69, 9.17) is 22.4 Å². The number of nitrogens with two attached hydrogens (primary N) is 1. The number of hydrogen-bond acceptors (Lipinski definition) is 4. The normalized spacial score (nSPS) is 10.3. The van der Waals surface area contributed by atoms with Gasteiger partial charge in [0.1, 0.15) is 0 Å². The molecule has 116 valence electrons. The molecule has 2 aromatic carbocycles. The first-order chi connectivity index (χ1) is 10.6. The Hall–Kier alpha value is -2.24. The molecule has 1 amide bonds. The molecule has 0 radical (unpaired) electrons. The number of aliphatic hydroxyl groups excluding tert-OH is 1. The fourth-order valence-electron chi connectivity index (χ4n) is 2.05. The summed E-state index contributed by atoms with van der Waals surface area (Å²) in [5.41, 5.74) is 9.18. The Morgan fingerprint density at radius 1 is 1.23 bits per heavy atom. The highest BCUT2D eigenvalue weighted by atomic mass is 35.5. The lowest BCUT2D eigenvalue weighted by Crippen LogP contribution is -2.18. The highest BCUT2D eigenvalue weighted by molar-refractivity contribution is 6.37. The summed E-state index contributed by atoms with van der Waals surface area (Å²) in [5, 5.41) is 14.8. The molecule has 0 aliphatic carbocycles. The van der Waals surface area contributed by atoms with Gasteiger partial charge >= 0.3 is 0 Å². The maximum atomic E-state index is 11.7. The molecule has 0 heterocycles. The van der Waals surface area contributed by atoms with Gasteiger partial charge in [-0.3, -0.25) is 4.79 Å². The lowest BCUT2D eigenvalue weighted by atomic mass is 10.1. The van der Waals surface area contributed by atoms with E-state index in [-0.39, 0.29) is 17.5 Å². The van der Waals surface area contributed by atoms with Crippen LogP contribution in [-0.4, -0.2) is 24.7 Å². The summed E-state index contributed by atoms with van der Waals surface area (Å²) in [7, 11) is 1.54. The summed E-state index contributed by atoms with van der Waals surface area (Å²) in [4.78, 5) is 11.7. The topological polar surface area (TPSA) is 87.4 Å². The van der Waals surface area contributed by atoms with E-state index in [0.717, 1.165) is 11.3 Å². The van der Waals surface area contributed by atoms with Crippen molar-refractivity contribution in [3.63, 3.8) is 0 Å². The van der Waals surface area contributed by atoms with Crippen molar-refractivity contribution in [3.8, 4) is 0 Å². The summed E-state index contributed by atoms with van der Waals surface area (Å²) >= 11 is 6.15. The molecule has 22 heavy (non-hydrogen) atoms. The molecule has 0 fully saturated rings. The number of nitrogens with one attached hydrogen (secondary N) is 2. The van der Waals surface area contributed by atoms with Crippen LogP contribution >= 0.6 is 11.6 Å². The minimum atomic E-state index is -0.281. The Kier molecular flexibility index (Phi) is 5.25. The van der Waals surface area contributed by atoms with Crippen molar-refractivity contribution in [2.75, 3.05) is 24.7 Å². The van der Waals surface area contributed by atoms with Gasteiger partial charge in [-0.05, 0) is 36.2 Å². The maximum absolute atomic E-state index is 11.7. The fraction of sp³-hybridized carbons (Fsp3) is 0.188. The maximum Gasteiger partial charge on any atom is 0.252 e. The third-order valence-corrected chi connectivity index (χ3v) is 3.69. The average Bonchev–Trinajstić information content (AvgIpc) is 2.53. The summed E-state index contributed by atoms with van der Waals surface area (Å²) in [6.45, 7) is 0.121. The molecule has 0 saturated carbocycles. The van der Waals surface area contributed by atoms with Crippen LogP contribution < -0.4 is 16.4 Å². The van der Waals surface area contributed by atoms with E-state index in [0.29, 0.717) is 23.4 Å². The van der Waals surface area contributed by atoms with Gasteiger partial charge in [0.05, 0.1) is 22.0 Å². The van der Waals surface area contributed by atoms with E-state index in [1.807, 2.05) is 24.3 Å². The number of rotatable bonds is 5. The monoisotopic (exact) mass is 319 g/mol.